The zero-order valence-electron chi connectivity index (χ0n) is 31.9. The first kappa shape index (κ1) is 33.2. The van der Waals surface area contributed by atoms with Crippen molar-refractivity contribution in [1.82, 2.24) is 0 Å². The average molecular weight is 730 g/mol. The van der Waals surface area contributed by atoms with Crippen LogP contribution in [0.2, 0.25) is 0 Å². The Morgan fingerprint density at radius 3 is 1.77 bits per heavy atom. The van der Waals surface area contributed by atoms with Gasteiger partial charge in [-0.15, -0.1) is 0 Å². The summed E-state index contributed by atoms with van der Waals surface area (Å²) in [5.41, 5.74) is 17.4. The van der Waals surface area contributed by atoms with Gasteiger partial charge in [0.1, 0.15) is 11.2 Å². The van der Waals surface area contributed by atoms with Gasteiger partial charge in [-0.05, 0) is 103 Å². The molecule has 1 aliphatic rings. The zero-order chi connectivity index (χ0) is 38.1. The minimum atomic E-state index is -0.141. The van der Waals surface area contributed by atoms with Crippen LogP contribution < -0.4 is 4.90 Å². The molecule has 0 N–H and O–H groups in total. The number of hydrogen-bond acceptors (Lipinski definition) is 2. The molecule has 0 fully saturated rings. The Hall–Kier alpha value is -7.16. The molecule has 1 heterocycles. The Morgan fingerprint density at radius 2 is 0.982 bits per heavy atom. The fourth-order valence-corrected chi connectivity index (χ4v) is 9.24. The molecule has 0 atom stereocenters. The molecule has 0 saturated carbocycles. The van der Waals surface area contributed by atoms with Crippen molar-refractivity contribution < 1.29 is 4.42 Å². The van der Waals surface area contributed by atoms with Crippen LogP contribution in [0.1, 0.15) is 25.0 Å². The Labute approximate surface area is 332 Å². The number of anilines is 3. The third kappa shape index (κ3) is 5.33. The fraction of sp³-hybridized carbons (Fsp3) is 0.0545. The summed E-state index contributed by atoms with van der Waals surface area (Å²) in [6.07, 6.45) is 0. The molecule has 0 saturated heterocycles. The smallest absolute Gasteiger partial charge is 0.143 e. The normalized spacial score (nSPS) is 12.9. The van der Waals surface area contributed by atoms with Gasteiger partial charge in [0.25, 0.3) is 0 Å². The van der Waals surface area contributed by atoms with Crippen molar-refractivity contribution in [2.45, 2.75) is 19.3 Å². The summed E-state index contributed by atoms with van der Waals surface area (Å²) in [6, 6.07) is 72.5. The van der Waals surface area contributed by atoms with Crippen LogP contribution in [0.15, 0.2) is 205 Å². The van der Waals surface area contributed by atoms with E-state index in [4.69, 9.17) is 4.42 Å². The van der Waals surface area contributed by atoms with Gasteiger partial charge in [-0.25, -0.2) is 0 Å². The van der Waals surface area contributed by atoms with Crippen LogP contribution in [-0.4, -0.2) is 0 Å². The molecule has 0 unspecified atom stereocenters. The van der Waals surface area contributed by atoms with Gasteiger partial charge < -0.3 is 9.32 Å². The van der Waals surface area contributed by atoms with Crippen LogP contribution in [0.4, 0.5) is 17.1 Å². The van der Waals surface area contributed by atoms with Gasteiger partial charge in [-0.3, -0.25) is 0 Å². The molecule has 9 aromatic carbocycles. The quantitative estimate of drug-likeness (QED) is 0.169. The van der Waals surface area contributed by atoms with E-state index in [1.54, 1.807) is 0 Å². The van der Waals surface area contributed by atoms with E-state index in [1.165, 1.54) is 61.0 Å². The van der Waals surface area contributed by atoms with Crippen LogP contribution in [0.3, 0.4) is 0 Å². The maximum absolute atomic E-state index is 6.91. The van der Waals surface area contributed by atoms with Crippen molar-refractivity contribution in [3.05, 3.63) is 211 Å². The molecule has 11 rings (SSSR count). The van der Waals surface area contributed by atoms with E-state index >= 15 is 0 Å². The van der Waals surface area contributed by atoms with Gasteiger partial charge in [0.2, 0.25) is 0 Å². The standard InChI is InChI=1S/C55H39NO/c1-55(2)49-24-12-11-22-44(49)45-32-31-42(34-50(45)55)56(41-20-13-19-40(33-41)37-17-7-4-8-18-37)51-25-14-26-52-53(51)48-35-47(43-21-9-10-23-46(43)54(48)57-52)39-29-27-38(28-30-39)36-15-5-3-6-16-36/h3-35H,1-2H3. The molecular weight excluding hydrogens is 691 g/mol. The first-order valence-corrected chi connectivity index (χ1v) is 19.8. The molecule has 10 aromatic rings. The van der Waals surface area contributed by atoms with E-state index in [-0.39, 0.29) is 5.41 Å². The van der Waals surface area contributed by atoms with E-state index in [0.29, 0.717) is 0 Å². The number of benzene rings is 9. The molecule has 2 heteroatoms. The molecule has 2 nitrogen and oxygen atoms in total. The number of furan rings is 1. The highest BCUT2D eigenvalue weighted by Crippen LogP contribution is 2.52. The van der Waals surface area contributed by atoms with Crippen molar-refractivity contribution in [3.8, 4) is 44.5 Å². The van der Waals surface area contributed by atoms with E-state index in [9.17, 15) is 0 Å². The maximum atomic E-state index is 6.91. The van der Waals surface area contributed by atoms with Gasteiger partial charge >= 0.3 is 0 Å². The largest absolute Gasteiger partial charge is 0.455 e. The van der Waals surface area contributed by atoms with E-state index in [0.717, 1.165) is 44.4 Å². The third-order valence-corrected chi connectivity index (χ3v) is 12.1. The SMILES string of the molecule is CC1(C)c2ccccc2-c2ccc(N(c3cccc(-c4ccccc4)c3)c3cccc4oc5c6ccccc6c(-c6ccc(-c7ccccc7)cc6)cc5c34)cc21. The summed E-state index contributed by atoms with van der Waals surface area (Å²) in [5, 5.41) is 4.47. The molecule has 270 valence electrons. The van der Waals surface area contributed by atoms with Crippen molar-refractivity contribution in [2.75, 3.05) is 4.90 Å². The number of rotatable bonds is 6. The first-order valence-electron chi connectivity index (χ1n) is 19.8. The second kappa shape index (κ2) is 13.0. The molecule has 57 heavy (non-hydrogen) atoms. The van der Waals surface area contributed by atoms with Crippen molar-refractivity contribution in [3.63, 3.8) is 0 Å². The third-order valence-electron chi connectivity index (χ3n) is 12.1. The van der Waals surface area contributed by atoms with Crippen molar-refractivity contribution >= 4 is 49.8 Å². The highest BCUT2D eigenvalue weighted by molar-refractivity contribution is 6.22. The van der Waals surface area contributed by atoms with Crippen LogP contribution in [-0.2, 0) is 5.41 Å². The predicted molar refractivity (Wildman–Crippen MR) is 240 cm³/mol. The lowest BCUT2D eigenvalue weighted by Crippen LogP contribution is -2.16. The topological polar surface area (TPSA) is 16.4 Å². The Kier molecular flexibility index (Phi) is 7.55. The van der Waals surface area contributed by atoms with E-state index in [2.05, 4.69) is 219 Å². The molecule has 0 bridgehead atoms. The molecule has 0 radical (unpaired) electrons. The number of nitrogens with zero attached hydrogens (tertiary/aromatic N) is 1. The van der Waals surface area contributed by atoms with Gasteiger partial charge in [0.05, 0.1) is 11.1 Å². The average Bonchev–Trinajstić information content (AvgIpc) is 3.77. The second-order valence-corrected chi connectivity index (χ2v) is 15.7. The summed E-state index contributed by atoms with van der Waals surface area (Å²) < 4.78 is 6.91. The summed E-state index contributed by atoms with van der Waals surface area (Å²) in [7, 11) is 0. The van der Waals surface area contributed by atoms with Crippen LogP contribution in [0.5, 0.6) is 0 Å². The monoisotopic (exact) mass is 729 g/mol. The van der Waals surface area contributed by atoms with Gasteiger partial charge in [0.15, 0.2) is 0 Å². The second-order valence-electron chi connectivity index (χ2n) is 15.7. The molecule has 0 aliphatic heterocycles. The molecular formula is C55H39NO. The zero-order valence-corrected chi connectivity index (χ0v) is 31.9. The van der Waals surface area contributed by atoms with Gasteiger partial charge in [-0.2, -0.15) is 0 Å². The summed E-state index contributed by atoms with van der Waals surface area (Å²) >= 11 is 0. The summed E-state index contributed by atoms with van der Waals surface area (Å²) in [5.74, 6) is 0. The molecule has 0 amide bonds. The highest BCUT2D eigenvalue weighted by Gasteiger charge is 2.36. The maximum Gasteiger partial charge on any atom is 0.143 e. The first-order chi connectivity index (χ1) is 28.0. The molecule has 1 aromatic heterocycles. The summed E-state index contributed by atoms with van der Waals surface area (Å²) in [4.78, 5) is 2.44. The predicted octanol–water partition coefficient (Wildman–Crippen LogP) is 15.5. The Morgan fingerprint density at radius 1 is 0.386 bits per heavy atom. The lowest BCUT2D eigenvalue weighted by molar-refractivity contribution is 0.660. The fourth-order valence-electron chi connectivity index (χ4n) is 9.24. The van der Waals surface area contributed by atoms with Crippen LogP contribution in [0.25, 0.3) is 77.2 Å². The highest BCUT2D eigenvalue weighted by atomic mass is 16.3. The summed E-state index contributed by atoms with van der Waals surface area (Å²) in [6.45, 7) is 4.70. The van der Waals surface area contributed by atoms with Gasteiger partial charge in [-0.1, -0.05) is 172 Å². The minimum Gasteiger partial charge on any atom is -0.455 e. The molecule has 0 spiro atoms. The van der Waals surface area contributed by atoms with Crippen LogP contribution >= 0.6 is 0 Å². The number of hydrogen-bond donors (Lipinski definition) is 0. The number of fused-ring (bicyclic) bond motifs is 8. The molecule has 1 aliphatic carbocycles. The van der Waals surface area contributed by atoms with Crippen LogP contribution in [0, 0.1) is 0 Å². The minimum absolute atomic E-state index is 0.141. The Balaban J connectivity index is 1.16. The van der Waals surface area contributed by atoms with Gasteiger partial charge in [0, 0.05) is 27.6 Å². The van der Waals surface area contributed by atoms with Crippen molar-refractivity contribution in [1.29, 1.82) is 0 Å². The van der Waals surface area contributed by atoms with Crippen molar-refractivity contribution in [2.24, 2.45) is 0 Å². The lowest BCUT2D eigenvalue weighted by atomic mass is 9.82. The van der Waals surface area contributed by atoms with E-state index < -0.39 is 0 Å². The Bertz CT molecular complexity index is 3140. The lowest BCUT2D eigenvalue weighted by Gasteiger charge is -2.29. The van der Waals surface area contributed by atoms with E-state index in [1.807, 2.05) is 0 Å².